The molecule has 0 radical (unpaired) electrons. The van der Waals surface area contributed by atoms with E-state index in [-0.39, 0.29) is 19.0 Å². The van der Waals surface area contributed by atoms with Gasteiger partial charge in [-0.3, -0.25) is 24.1 Å². The standard InChI is InChI=1S/C23H35Cl3N6O6/c1-14(2)17(29-21(36)38-22(3,4)5)18(33)28-16(12-31-10-7-9-27-31)19(34)32-11-6-8-15(30-32)20(35)37-13-23(24,25)26/h7,9-10,14-17,30H,6,8,11-13H2,1-5H3,(H,28,33)(H,29,36). The van der Waals surface area contributed by atoms with Crippen LogP contribution in [0.4, 0.5) is 4.79 Å². The summed E-state index contributed by atoms with van der Waals surface area (Å²) in [6.45, 7) is 8.49. The number of hydrazine groups is 1. The Hall–Kier alpha value is -2.28. The minimum absolute atomic E-state index is 0.00931. The molecule has 1 aliphatic heterocycles. The number of amides is 3. The molecule has 1 aliphatic rings. The van der Waals surface area contributed by atoms with Crippen LogP contribution in [-0.4, -0.2) is 79.3 Å². The number of aromatic nitrogens is 2. The molecule has 2 heterocycles. The minimum atomic E-state index is -1.76. The van der Waals surface area contributed by atoms with Crippen molar-refractivity contribution in [3.8, 4) is 0 Å². The lowest BCUT2D eigenvalue weighted by atomic mass is 10.0. The molecular formula is C23H35Cl3N6O6. The topological polar surface area (TPSA) is 144 Å². The Morgan fingerprint density at radius 3 is 2.39 bits per heavy atom. The van der Waals surface area contributed by atoms with Crippen LogP contribution in [0.25, 0.3) is 0 Å². The van der Waals surface area contributed by atoms with Crippen molar-refractivity contribution in [1.29, 1.82) is 0 Å². The summed E-state index contributed by atoms with van der Waals surface area (Å²) in [5.74, 6) is -2.07. The SMILES string of the molecule is CC(C)C(NC(=O)OC(C)(C)C)C(=O)NC(Cn1cccn1)C(=O)N1CCCC(C(=O)OCC(Cl)(Cl)Cl)N1. The quantitative estimate of drug-likeness (QED) is 0.291. The molecule has 3 atom stereocenters. The summed E-state index contributed by atoms with van der Waals surface area (Å²) in [4.78, 5) is 51.6. The summed E-state index contributed by atoms with van der Waals surface area (Å²) < 4.78 is 10.0. The van der Waals surface area contributed by atoms with Crippen molar-refractivity contribution in [3.63, 3.8) is 0 Å². The fourth-order valence-electron chi connectivity index (χ4n) is 3.57. The molecule has 2 rings (SSSR count). The van der Waals surface area contributed by atoms with E-state index >= 15 is 0 Å². The Morgan fingerprint density at radius 2 is 1.84 bits per heavy atom. The molecule has 0 aromatic carbocycles. The first-order chi connectivity index (χ1) is 17.6. The van der Waals surface area contributed by atoms with Crippen LogP contribution in [0.15, 0.2) is 18.5 Å². The fraction of sp³-hybridized carbons (Fsp3) is 0.696. The lowest BCUT2D eigenvalue weighted by molar-refractivity contribution is -0.153. The molecular weight excluding hydrogens is 563 g/mol. The van der Waals surface area contributed by atoms with E-state index in [4.69, 9.17) is 44.3 Å². The maximum atomic E-state index is 13.5. The molecule has 3 N–H and O–H groups in total. The lowest BCUT2D eigenvalue weighted by Crippen LogP contribution is -2.62. The highest BCUT2D eigenvalue weighted by Crippen LogP contribution is 2.26. The van der Waals surface area contributed by atoms with Gasteiger partial charge in [0.15, 0.2) is 0 Å². The molecule has 3 amide bonds. The van der Waals surface area contributed by atoms with Gasteiger partial charge in [-0.1, -0.05) is 48.7 Å². The van der Waals surface area contributed by atoms with Crippen LogP contribution in [0.3, 0.4) is 0 Å². The number of alkyl halides is 3. The largest absolute Gasteiger partial charge is 0.460 e. The molecule has 12 nitrogen and oxygen atoms in total. The van der Waals surface area contributed by atoms with Crippen molar-refractivity contribution in [2.24, 2.45) is 5.92 Å². The Morgan fingerprint density at radius 1 is 1.16 bits per heavy atom. The maximum absolute atomic E-state index is 13.5. The molecule has 0 bridgehead atoms. The normalized spacial score (nSPS) is 17.9. The molecule has 15 heteroatoms. The summed E-state index contributed by atoms with van der Waals surface area (Å²) >= 11 is 16.9. The van der Waals surface area contributed by atoms with Crippen LogP contribution in [-0.2, 0) is 30.4 Å². The van der Waals surface area contributed by atoms with Gasteiger partial charge in [-0.15, -0.1) is 0 Å². The molecule has 214 valence electrons. The second-order valence-electron chi connectivity index (χ2n) is 10.2. The first-order valence-electron chi connectivity index (χ1n) is 12.1. The van der Waals surface area contributed by atoms with Gasteiger partial charge < -0.3 is 20.1 Å². The average molecular weight is 598 g/mol. The van der Waals surface area contributed by atoms with Gasteiger partial charge in [-0.05, 0) is 45.6 Å². The van der Waals surface area contributed by atoms with Crippen LogP contribution < -0.4 is 16.1 Å². The zero-order valence-electron chi connectivity index (χ0n) is 22.0. The van der Waals surface area contributed by atoms with Crippen molar-refractivity contribution in [3.05, 3.63) is 18.5 Å². The molecule has 0 spiro atoms. The van der Waals surface area contributed by atoms with Gasteiger partial charge in [0.25, 0.3) is 5.91 Å². The van der Waals surface area contributed by atoms with Gasteiger partial charge in [-0.2, -0.15) is 5.10 Å². The van der Waals surface area contributed by atoms with Gasteiger partial charge >= 0.3 is 12.1 Å². The van der Waals surface area contributed by atoms with Gasteiger partial charge in [0, 0.05) is 18.9 Å². The van der Waals surface area contributed by atoms with E-state index in [9.17, 15) is 19.2 Å². The van der Waals surface area contributed by atoms with Gasteiger partial charge in [0.1, 0.15) is 30.3 Å². The van der Waals surface area contributed by atoms with Crippen LogP contribution in [0, 0.1) is 5.92 Å². The number of ether oxygens (including phenoxy) is 2. The summed E-state index contributed by atoms with van der Waals surface area (Å²) in [6.07, 6.45) is 3.32. The average Bonchev–Trinajstić information content (AvgIpc) is 3.31. The second-order valence-corrected chi connectivity index (χ2v) is 12.7. The fourth-order valence-corrected chi connectivity index (χ4v) is 3.73. The number of nitrogens with zero attached hydrogens (tertiary/aromatic N) is 3. The van der Waals surface area contributed by atoms with E-state index in [2.05, 4.69) is 21.2 Å². The Labute approximate surface area is 236 Å². The molecule has 1 aromatic heterocycles. The third-order valence-corrected chi connectivity index (χ3v) is 5.61. The predicted octanol–water partition coefficient (Wildman–Crippen LogP) is 2.33. The number of carbonyl (C=O) groups excluding carboxylic acids is 4. The molecule has 38 heavy (non-hydrogen) atoms. The zero-order valence-corrected chi connectivity index (χ0v) is 24.3. The van der Waals surface area contributed by atoms with E-state index in [1.807, 2.05) is 0 Å². The van der Waals surface area contributed by atoms with E-state index in [1.165, 1.54) is 9.69 Å². The van der Waals surface area contributed by atoms with Crippen molar-refractivity contribution >= 4 is 58.7 Å². The molecule has 1 aromatic rings. The third kappa shape index (κ3) is 10.8. The monoisotopic (exact) mass is 596 g/mol. The van der Waals surface area contributed by atoms with Gasteiger partial charge in [0.2, 0.25) is 9.70 Å². The molecule has 1 fully saturated rings. The van der Waals surface area contributed by atoms with Crippen LogP contribution in [0.5, 0.6) is 0 Å². The number of hydrogen-bond acceptors (Lipinski definition) is 8. The van der Waals surface area contributed by atoms with E-state index < -0.39 is 58.0 Å². The van der Waals surface area contributed by atoms with Crippen molar-refractivity contribution in [1.82, 2.24) is 30.8 Å². The van der Waals surface area contributed by atoms with E-state index in [0.717, 1.165) is 0 Å². The molecule has 0 saturated carbocycles. The summed E-state index contributed by atoms with van der Waals surface area (Å²) in [7, 11) is 0. The lowest BCUT2D eigenvalue weighted by Gasteiger charge is -2.35. The zero-order chi connectivity index (χ0) is 28.7. The third-order valence-electron chi connectivity index (χ3n) is 5.28. The Bertz CT molecular complexity index is 964. The van der Waals surface area contributed by atoms with Crippen LogP contribution in [0.1, 0.15) is 47.5 Å². The summed E-state index contributed by atoms with van der Waals surface area (Å²) in [6, 6.07) is -1.22. The maximum Gasteiger partial charge on any atom is 0.408 e. The number of alkyl carbamates (subject to hydrolysis) is 1. The van der Waals surface area contributed by atoms with Crippen molar-refractivity contribution in [2.75, 3.05) is 13.2 Å². The molecule has 1 saturated heterocycles. The highest BCUT2D eigenvalue weighted by atomic mass is 35.6. The summed E-state index contributed by atoms with van der Waals surface area (Å²) in [5.41, 5.74) is 2.09. The van der Waals surface area contributed by atoms with Crippen molar-refractivity contribution < 1.29 is 28.7 Å². The number of esters is 1. The number of carbonyl (C=O) groups is 4. The summed E-state index contributed by atoms with van der Waals surface area (Å²) in [5, 5.41) is 10.7. The Balaban J connectivity index is 2.15. The van der Waals surface area contributed by atoms with Gasteiger partial charge in [0.05, 0.1) is 6.54 Å². The van der Waals surface area contributed by atoms with Gasteiger partial charge in [-0.25, -0.2) is 10.2 Å². The predicted molar refractivity (Wildman–Crippen MR) is 141 cm³/mol. The van der Waals surface area contributed by atoms with Crippen LogP contribution >= 0.6 is 34.8 Å². The first-order valence-corrected chi connectivity index (χ1v) is 13.3. The van der Waals surface area contributed by atoms with E-state index in [0.29, 0.717) is 12.8 Å². The smallest absolute Gasteiger partial charge is 0.408 e. The van der Waals surface area contributed by atoms with Crippen molar-refractivity contribution in [2.45, 2.75) is 81.5 Å². The number of halogens is 3. The number of nitrogens with one attached hydrogen (secondary N) is 3. The minimum Gasteiger partial charge on any atom is -0.460 e. The molecule has 3 unspecified atom stereocenters. The highest BCUT2D eigenvalue weighted by Gasteiger charge is 2.36. The Kier molecular flexibility index (Phi) is 11.5. The highest BCUT2D eigenvalue weighted by molar-refractivity contribution is 6.67. The number of rotatable bonds is 9. The second kappa shape index (κ2) is 13.7. The number of hydrogen-bond donors (Lipinski definition) is 3. The molecule has 0 aliphatic carbocycles. The van der Waals surface area contributed by atoms with E-state index in [1.54, 1.807) is 53.1 Å². The van der Waals surface area contributed by atoms with Crippen LogP contribution in [0.2, 0.25) is 0 Å². The first kappa shape index (κ1) is 31.9.